The number of ether oxygens (including phenoxy) is 1. The summed E-state index contributed by atoms with van der Waals surface area (Å²) in [6.07, 6.45) is 9.04. The Hall–Kier alpha value is -2.15. The molecule has 0 spiro atoms. The minimum absolute atomic E-state index is 0.150. The van der Waals surface area contributed by atoms with Gasteiger partial charge in [0, 0.05) is 43.8 Å². The Morgan fingerprint density at radius 1 is 1.17 bits per heavy atom. The second-order valence-electron chi connectivity index (χ2n) is 8.57. The molecule has 2 heterocycles. The van der Waals surface area contributed by atoms with Gasteiger partial charge in [-0.25, -0.2) is 4.98 Å². The summed E-state index contributed by atoms with van der Waals surface area (Å²) in [4.78, 5) is 31.7. The summed E-state index contributed by atoms with van der Waals surface area (Å²) in [6.45, 7) is 3.98. The molecular weight excluding hydrogens is 368 g/mol. The number of hydrogen-bond donors (Lipinski definition) is 2. The van der Waals surface area contributed by atoms with Crippen LogP contribution in [0, 0.1) is 5.92 Å². The Balaban J connectivity index is 1.34. The second-order valence-corrected chi connectivity index (χ2v) is 8.57. The zero-order valence-electron chi connectivity index (χ0n) is 17.2. The number of carbonyl (C=O) groups is 2. The minimum Gasteiger partial charge on any atom is -0.477 e. The van der Waals surface area contributed by atoms with E-state index in [0.717, 1.165) is 38.1 Å². The minimum atomic E-state index is -0.150. The highest BCUT2D eigenvalue weighted by Gasteiger charge is 2.38. The summed E-state index contributed by atoms with van der Waals surface area (Å²) in [6, 6.07) is 4.48. The van der Waals surface area contributed by atoms with Crippen molar-refractivity contribution in [3.05, 3.63) is 23.9 Å². The third-order valence-corrected chi connectivity index (χ3v) is 6.10. The lowest BCUT2D eigenvalue weighted by molar-refractivity contribution is -0.122. The maximum absolute atomic E-state index is 12.7. The number of pyridine rings is 1. The fraction of sp³-hybridized carbons (Fsp3) is 0.682. The van der Waals surface area contributed by atoms with E-state index in [4.69, 9.17) is 4.74 Å². The van der Waals surface area contributed by atoms with E-state index < -0.39 is 0 Å². The van der Waals surface area contributed by atoms with Gasteiger partial charge >= 0.3 is 0 Å². The van der Waals surface area contributed by atoms with E-state index in [0.29, 0.717) is 37.1 Å². The predicted octanol–water partition coefficient (Wildman–Crippen LogP) is 2.12. The standard InChI is InChI=1S/C22H32N4O3/c1-2-29-22-19(4-3-11-23-22)21(28)24-13-18-10-9-17(26(18)14-15-5-6-15)12-20(27)25-16-7-8-16/h3-4,11,15-18H,2,5-10,12-14H2,1H3,(H,24,28)(H,25,27)/t17-,18+/m1/s1. The highest BCUT2D eigenvalue weighted by molar-refractivity contribution is 5.96. The van der Waals surface area contributed by atoms with Gasteiger partial charge in [0.05, 0.1) is 6.61 Å². The average Bonchev–Trinajstić information content (AvgIpc) is 3.63. The lowest BCUT2D eigenvalue weighted by Crippen LogP contribution is -2.45. The predicted molar refractivity (Wildman–Crippen MR) is 110 cm³/mol. The number of aromatic nitrogens is 1. The van der Waals surface area contributed by atoms with Crippen molar-refractivity contribution in [1.82, 2.24) is 20.5 Å². The van der Waals surface area contributed by atoms with E-state index in [1.54, 1.807) is 18.3 Å². The quantitative estimate of drug-likeness (QED) is 0.629. The Morgan fingerprint density at radius 2 is 1.97 bits per heavy atom. The zero-order valence-corrected chi connectivity index (χ0v) is 17.2. The van der Waals surface area contributed by atoms with Crippen LogP contribution in [0.25, 0.3) is 0 Å². The Morgan fingerprint density at radius 3 is 2.69 bits per heavy atom. The first kappa shape index (κ1) is 20.1. The first-order chi connectivity index (χ1) is 14.1. The molecule has 2 N–H and O–H groups in total. The van der Waals surface area contributed by atoms with Gasteiger partial charge in [0.25, 0.3) is 5.91 Å². The molecule has 0 aromatic carbocycles. The van der Waals surface area contributed by atoms with Crippen molar-refractivity contribution in [2.45, 2.75) is 70.0 Å². The van der Waals surface area contributed by atoms with Gasteiger partial charge in [0.15, 0.2) is 0 Å². The van der Waals surface area contributed by atoms with Crippen LogP contribution in [0.15, 0.2) is 18.3 Å². The van der Waals surface area contributed by atoms with Gasteiger partial charge < -0.3 is 15.4 Å². The molecule has 3 aliphatic rings. The zero-order chi connectivity index (χ0) is 20.2. The summed E-state index contributed by atoms with van der Waals surface area (Å²) in [5.41, 5.74) is 0.474. The first-order valence-corrected chi connectivity index (χ1v) is 11.0. The summed E-state index contributed by atoms with van der Waals surface area (Å²) in [5.74, 6) is 1.16. The van der Waals surface area contributed by atoms with Crippen molar-refractivity contribution in [3.63, 3.8) is 0 Å². The summed E-state index contributed by atoms with van der Waals surface area (Å²) < 4.78 is 5.48. The van der Waals surface area contributed by atoms with E-state index in [-0.39, 0.29) is 23.9 Å². The number of nitrogens with zero attached hydrogens (tertiary/aromatic N) is 2. The van der Waals surface area contributed by atoms with Crippen molar-refractivity contribution in [3.8, 4) is 5.88 Å². The molecule has 2 atom stereocenters. The number of amides is 2. The molecule has 0 unspecified atom stereocenters. The van der Waals surface area contributed by atoms with Gasteiger partial charge in [-0.15, -0.1) is 0 Å². The number of likely N-dealkylation sites (tertiary alicyclic amines) is 1. The van der Waals surface area contributed by atoms with Crippen molar-refractivity contribution >= 4 is 11.8 Å². The second kappa shape index (κ2) is 9.11. The Bertz CT molecular complexity index is 733. The average molecular weight is 401 g/mol. The lowest BCUT2D eigenvalue weighted by Gasteiger charge is -2.30. The molecule has 1 aromatic rings. The third kappa shape index (κ3) is 5.47. The molecule has 7 nitrogen and oxygen atoms in total. The molecule has 1 aromatic heterocycles. The van der Waals surface area contributed by atoms with E-state index in [9.17, 15) is 9.59 Å². The molecule has 2 saturated carbocycles. The largest absolute Gasteiger partial charge is 0.477 e. The maximum Gasteiger partial charge on any atom is 0.256 e. The first-order valence-electron chi connectivity index (χ1n) is 11.0. The van der Waals surface area contributed by atoms with Crippen LogP contribution in [0.2, 0.25) is 0 Å². The van der Waals surface area contributed by atoms with Crippen LogP contribution in [-0.4, -0.2) is 59.5 Å². The van der Waals surface area contributed by atoms with E-state index in [1.165, 1.54) is 12.8 Å². The number of hydrogen-bond acceptors (Lipinski definition) is 5. The van der Waals surface area contributed by atoms with Crippen molar-refractivity contribution in [2.75, 3.05) is 19.7 Å². The van der Waals surface area contributed by atoms with Crippen molar-refractivity contribution < 1.29 is 14.3 Å². The Labute approximate surface area is 172 Å². The Kier molecular flexibility index (Phi) is 6.33. The third-order valence-electron chi connectivity index (χ3n) is 6.10. The highest BCUT2D eigenvalue weighted by atomic mass is 16.5. The molecule has 7 heteroatoms. The molecule has 2 amide bonds. The van der Waals surface area contributed by atoms with Crippen LogP contribution >= 0.6 is 0 Å². The van der Waals surface area contributed by atoms with Gasteiger partial charge in [-0.05, 0) is 63.5 Å². The van der Waals surface area contributed by atoms with Gasteiger partial charge in [-0.2, -0.15) is 0 Å². The topological polar surface area (TPSA) is 83.6 Å². The normalized spacial score (nSPS) is 24.3. The van der Waals surface area contributed by atoms with Crippen molar-refractivity contribution in [1.29, 1.82) is 0 Å². The van der Waals surface area contributed by atoms with Crippen LogP contribution in [0.4, 0.5) is 0 Å². The SMILES string of the molecule is CCOc1ncccc1C(=O)NC[C@@H]1CC[C@H](CC(=O)NC2CC2)N1CC1CC1. The monoisotopic (exact) mass is 400 g/mol. The van der Waals surface area contributed by atoms with Crippen LogP contribution in [0.3, 0.4) is 0 Å². The van der Waals surface area contributed by atoms with Gasteiger partial charge in [0.2, 0.25) is 11.8 Å². The summed E-state index contributed by atoms with van der Waals surface area (Å²) >= 11 is 0. The molecule has 1 aliphatic heterocycles. The molecule has 29 heavy (non-hydrogen) atoms. The van der Waals surface area contributed by atoms with Crippen LogP contribution in [0.1, 0.15) is 62.2 Å². The van der Waals surface area contributed by atoms with Crippen LogP contribution in [-0.2, 0) is 4.79 Å². The van der Waals surface area contributed by atoms with Gasteiger partial charge in [-0.3, -0.25) is 14.5 Å². The molecule has 2 aliphatic carbocycles. The fourth-order valence-electron chi connectivity index (χ4n) is 4.20. The van der Waals surface area contributed by atoms with Crippen LogP contribution in [0.5, 0.6) is 5.88 Å². The smallest absolute Gasteiger partial charge is 0.256 e. The summed E-state index contributed by atoms with van der Waals surface area (Å²) in [5, 5.41) is 6.20. The fourth-order valence-corrected chi connectivity index (χ4v) is 4.20. The highest BCUT2D eigenvalue weighted by Crippen LogP contribution is 2.35. The van der Waals surface area contributed by atoms with Crippen molar-refractivity contribution in [2.24, 2.45) is 5.92 Å². The molecule has 4 rings (SSSR count). The summed E-state index contributed by atoms with van der Waals surface area (Å²) in [7, 11) is 0. The number of rotatable bonds is 10. The molecule has 0 bridgehead atoms. The maximum atomic E-state index is 12.7. The number of carbonyl (C=O) groups excluding carboxylic acids is 2. The van der Waals surface area contributed by atoms with Gasteiger partial charge in [0.1, 0.15) is 5.56 Å². The molecule has 1 saturated heterocycles. The van der Waals surface area contributed by atoms with Crippen LogP contribution < -0.4 is 15.4 Å². The van der Waals surface area contributed by atoms with E-state index in [2.05, 4.69) is 20.5 Å². The molecule has 158 valence electrons. The van der Waals surface area contributed by atoms with Gasteiger partial charge in [-0.1, -0.05) is 0 Å². The molecule has 0 radical (unpaired) electrons. The number of nitrogens with one attached hydrogen (secondary N) is 2. The molecule has 3 fully saturated rings. The lowest BCUT2D eigenvalue weighted by atomic mass is 10.1. The molecular formula is C22H32N4O3. The van der Waals surface area contributed by atoms with E-state index in [1.807, 2.05) is 6.92 Å². The van der Waals surface area contributed by atoms with E-state index >= 15 is 0 Å².